The van der Waals surface area contributed by atoms with Gasteiger partial charge in [-0.2, -0.15) is 0 Å². The lowest BCUT2D eigenvalue weighted by molar-refractivity contribution is -0.384. The number of rotatable bonds is 4. The Morgan fingerprint density at radius 2 is 2.25 bits per heavy atom. The monoisotopic (exact) mass is 278 g/mol. The predicted molar refractivity (Wildman–Crippen MR) is 79.5 cm³/mol. The molecule has 1 fully saturated rings. The third-order valence-electron chi connectivity index (χ3n) is 3.97. The summed E-state index contributed by atoms with van der Waals surface area (Å²) >= 11 is 0. The van der Waals surface area contributed by atoms with E-state index in [1.54, 1.807) is 6.07 Å². The summed E-state index contributed by atoms with van der Waals surface area (Å²) in [6.07, 6.45) is 2.35. The molecule has 20 heavy (non-hydrogen) atoms. The normalized spacial score (nSPS) is 20.2. The van der Waals surface area contributed by atoms with E-state index in [9.17, 15) is 10.1 Å². The van der Waals surface area contributed by atoms with E-state index in [1.807, 2.05) is 6.07 Å². The zero-order valence-electron chi connectivity index (χ0n) is 12.1. The number of likely N-dealkylation sites (tertiary alicyclic amines) is 1. The summed E-state index contributed by atoms with van der Waals surface area (Å²) in [7, 11) is 4.19. The van der Waals surface area contributed by atoms with Crippen LogP contribution >= 0.6 is 0 Å². The van der Waals surface area contributed by atoms with Crippen molar-refractivity contribution in [2.75, 3.05) is 32.9 Å². The predicted octanol–water partition coefficient (Wildman–Crippen LogP) is 1.70. The van der Waals surface area contributed by atoms with Crippen LogP contribution < -0.4 is 5.73 Å². The highest BCUT2D eigenvalue weighted by molar-refractivity contribution is 5.62. The van der Waals surface area contributed by atoms with E-state index in [2.05, 4.69) is 23.9 Å². The first-order valence-electron chi connectivity index (χ1n) is 6.89. The van der Waals surface area contributed by atoms with Gasteiger partial charge in [0.25, 0.3) is 5.69 Å². The van der Waals surface area contributed by atoms with Crippen LogP contribution in [-0.4, -0.2) is 47.9 Å². The van der Waals surface area contributed by atoms with E-state index >= 15 is 0 Å². The van der Waals surface area contributed by atoms with Crippen molar-refractivity contribution in [1.29, 1.82) is 0 Å². The molecule has 1 unspecified atom stereocenters. The van der Waals surface area contributed by atoms with Gasteiger partial charge in [-0.25, -0.2) is 0 Å². The molecule has 2 N–H and O–H groups in total. The Balaban J connectivity index is 2.10. The van der Waals surface area contributed by atoms with Gasteiger partial charge in [0, 0.05) is 25.2 Å². The van der Waals surface area contributed by atoms with Crippen molar-refractivity contribution in [3.8, 4) is 0 Å². The topological polar surface area (TPSA) is 75.6 Å². The number of nitro groups is 1. The molecule has 1 aliphatic heterocycles. The molecule has 1 aromatic rings. The molecule has 1 aliphatic rings. The quantitative estimate of drug-likeness (QED) is 0.515. The van der Waals surface area contributed by atoms with Gasteiger partial charge in [0.15, 0.2) is 0 Å². The fourth-order valence-electron chi connectivity index (χ4n) is 2.73. The Bertz CT molecular complexity index is 490. The zero-order valence-corrected chi connectivity index (χ0v) is 12.1. The van der Waals surface area contributed by atoms with Crippen LogP contribution in [0.15, 0.2) is 18.2 Å². The molecule has 1 saturated heterocycles. The molecule has 1 aromatic carbocycles. The minimum Gasteiger partial charge on any atom is -0.393 e. The summed E-state index contributed by atoms with van der Waals surface area (Å²) in [5.74, 6) is 0. The van der Waals surface area contributed by atoms with Crippen LogP contribution in [0, 0.1) is 10.1 Å². The molecule has 6 nitrogen and oxygen atoms in total. The molecule has 0 aromatic heterocycles. The summed E-state index contributed by atoms with van der Waals surface area (Å²) in [6, 6.07) is 5.58. The van der Waals surface area contributed by atoms with Gasteiger partial charge in [0.1, 0.15) is 5.69 Å². The maximum atomic E-state index is 10.9. The highest BCUT2D eigenvalue weighted by Gasteiger charge is 2.23. The molecule has 0 saturated carbocycles. The summed E-state index contributed by atoms with van der Waals surface area (Å²) in [5.41, 5.74) is 7.06. The second-order valence-electron chi connectivity index (χ2n) is 5.60. The molecule has 0 spiro atoms. The number of anilines is 1. The summed E-state index contributed by atoms with van der Waals surface area (Å²) in [5, 5.41) is 10.9. The van der Waals surface area contributed by atoms with Crippen molar-refractivity contribution in [2.45, 2.75) is 25.4 Å². The zero-order chi connectivity index (χ0) is 14.7. The smallest absolute Gasteiger partial charge is 0.292 e. The van der Waals surface area contributed by atoms with Crippen LogP contribution in [0.25, 0.3) is 0 Å². The number of nitro benzene ring substituents is 1. The van der Waals surface area contributed by atoms with Crippen molar-refractivity contribution >= 4 is 11.4 Å². The third-order valence-corrected chi connectivity index (χ3v) is 3.97. The molecular formula is C14H22N4O2. The van der Waals surface area contributed by atoms with Gasteiger partial charge in [0.2, 0.25) is 0 Å². The second-order valence-corrected chi connectivity index (χ2v) is 5.60. The molecular weight excluding hydrogens is 256 g/mol. The maximum absolute atomic E-state index is 10.9. The standard InChI is InChI=1S/C14H22N4O2/c1-16(2)12-6-4-8-17(10-12)9-11-5-3-7-13(14(11)15)18(19)20/h3,5,7,12H,4,6,8-10,15H2,1-2H3. The van der Waals surface area contributed by atoms with Gasteiger partial charge in [-0.05, 0) is 39.0 Å². The Morgan fingerprint density at radius 3 is 2.90 bits per heavy atom. The summed E-state index contributed by atoms with van der Waals surface area (Å²) in [4.78, 5) is 15.1. The number of nitrogens with zero attached hydrogens (tertiary/aromatic N) is 3. The van der Waals surface area contributed by atoms with E-state index in [1.165, 1.54) is 12.5 Å². The molecule has 0 amide bonds. The largest absolute Gasteiger partial charge is 0.393 e. The van der Waals surface area contributed by atoms with E-state index in [0.29, 0.717) is 18.3 Å². The molecule has 6 heteroatoms. The molecule has 110 valence electrons. The Labute approximate surface area is 119 Å². The second kappa shape index (κ2) is 6.19. The molecule has 0 aliphatic carbocycles. The first-order valence-corrected chi connectivity index (χ1v) is 6.89. The van der Waals surface area contributed by atoms with E-state index < -0.39 is 4.92 Å². The van der Waals surface area contributed by atoms with Gasteiger partial charge in [-0.15, -0.1) is 0 Å². The summed E-state index contributed by atoms with van der Waals surface area (Å²) < 4.78 is 0. The Morgan fingerprint density at radius 1 is 1.50 bits per heavy atom. The number of para-hydroxylation sites is 1. The van der Waals surface area contributed by atoms with Crippen molar-refractivity contribution in [2.24, 2.45) is 0 Å². The van der Waals surface area contributed by atoms with E-state index in [-0.39, 0.29) is 5.69 Å². The number of benzene rings is 1. The number of likely N-dealkylation sites (N-methyl/N-ethyl adjacent to an activating group) is 1. The maximum Gasteiger partial charge on any atom is 0.292 e. The molecule has 0 radical (unpaired) electrons. The van der Waals surface area contributed by atoms with Crippen LogP contribution in [0.4, 0.5) is 11.4 Å². The molecule has 1 heterocycles. The fourth-order valence-corrected chi connectivity index (χ4v) is 2.73. The van der Waals surface area contributed by atoms with E-state index in [0.717, 1.165) is 25.1 Å². The van der Waals surface area contributed by atoms with Gasteiger partial charge in [-0.3, -0.25) is 15.0 Å². The highest BCUT2D eigenvalue weighted by Crippen LogP contribution is 2.27. The molecule has 0 bridgehead atoms. The van der Waals surface area contributed by atoms with Crippen molar-refractivity contribution in [3.63, 3.8) is 0 Å². The first-order chi connectivity index (χ1) is 9.49. The minimum atomic E-state index is -0.419. The Hall–Kier alpha value is -1.66. The van der Waals surface area contributed by atoms with Gasteiger partial charge < -0.3 is 10.6 Å². The number of nitrogen functional groups attached to an aromatic ring is 1. The van der Waals surface area contributed by atoms with Crippen molar-refractivity contribution in [3.05, 3.63) is 33.9 Å². The van der Waals surface area contributed by atoms with Crippen molar-refractivity contribution in [1.82, 2.24) is 9.80 Å². The van der Waals surface area contributed by atoms with Crippen LogP contribution in [-0.2, 0) is 6.54 Å². The lowest BCUT2D eigenvalue weighted by Crippen LogP contribution is -2.44. The van der Waals surface area contributed by atoms with Crippen LogP contribution in [0.5, 0.6) is 0 Å². The van der Waals surface area contributed by atoms with Crippen LogP contribution in [0.1, 0.15) is 18.4 Å². The minimum absolute atomic E-state index is 0.00340. The fraction of sp³-hybridized carbons (Fsp3) is 0.571. The lowest BCUT2D eigenvalue weighted by Gasteiger charge is -2.36. The summed E-state index contributed by atoms with van der Waals surface area (Å²) in [6.45, 7) is 2.68. The number of nitrogens with two attached hydrogens (primary N) is 1. The average molecular weight is 278 g/mol. The SMILES string of the molecule is CN(C)C1CCCN(Cc2cccc([N+](=O)[O-])c2N)C1. The molecule has 2 rings (SSSR count). The van der Waals surface area contributed by atoms with Gasteiger partial charge in [0.05, 0.1) is 4.92 Å². The first kappa shape index (κ1) is 14.7. The third kappa shape index (κ3) is 3.26. The van der Waals surface area contributed by atoms with Crippen LogP contribution in [0.3, 0.4) is 0 Å². The Kier molecular flexibility index (Phi) is 4.57. The van der Waals surface area contributed by atoms with Gasteiger partial charge in [-0.1, -0.05) is 12.1 Å². The number of hydrogen-bond acceptors (Lipinski definition) is 5. The van der Waals surface area contributed by atoms with Gasteiger partial charge >= 0.3 is 0 Å². The highest BCUT2D eigenvalue weighted by atomic mass is 16.6. The molecule has 1 atom stereocenters. The average Bonchev–Trinajstić information content (AvgIpc) is 2.41. The number of hydrogen-bond donors (Lipinski definition) is 1. The lowest BCUT2D eigenvalue weighted by atomic mass is 10.0. The van der Waals surface area contributed by atoms with E-state index in [4.69, 9.17) is 5.73 Å². The number of piperidine rings is 1. The van der Waals surface area contributed by atoms with Crippen molar-refractivity contribution < 1.29 is 4.92 Å². The van der Waals surface area contributed by atoms with Crippen LogP contribution in [0.2, 0.25) is 0 Å².